The smallest absolute Gasteiger partial charge is 0.363 e. The maximum Gasteiger partial charge on any atom is 0.364 e. The van der Waals surface area contributed by atoms with Crippen LogP contribution in [0.15, 0.2) is 16.9 Å². The van der Waals surface area contributed by atoms with Gasteiger partial charge in [0.05, 0.1) is 0 Å². The third kappa shape index (κ3) is 2.35. The van der Waals surface area contributed by atoms with Crippen LogP contribution in [-0.2, 0) is 0 Å². The molecule has 0 radical (unpaired) electrons. The number of nitrogens with two attached hydrogens (primary N) is 1. The lowest BCUT2D eigenvalue weighted by atomic mass is 9.94. The Morgan fingerprint density at radius 2 is 2.33 bits per heavy atom. The maximum atomic E-state index is 11.4. The van der Waals surface area contributed by atoms with E-state index in [1.54, 1.807) is 12.1 Å². The Balaban J connectivity index is 2.31. The number of anilines is 1. The van der Waals surface area contributed by atoms with Crippen molar-refractivity contribution in [2.24, 2.45) is 5.73 Å². The van der Waals surface area contributed by atoms with Gasteiger partial charge < -0.3 is 11.1 Å². The summed E-state index contributed by atoms with van der Waals surface area (Å²) < 4.78 is 1.24. The molecular weight excluding hydrogens is 232 g/mol. The fourth-order valence-corrected chi connectivity index (χ4v) is 1.82. The van der Waals surface area contributed by atoms with Crippen LogP contribution < -0.4 is 16.7 Å². The van der Waals surface area contributed by atoms with E-state index in [4.69, 9.17) is 5.73 Å². The molecule has 7 heteroatoms. The first-order valence-electron chi connectivity index (χ1n) is 6.01. The van der Waals surface area contributed by atoms with Crippen molar-refractivity contribution < 1.29 is 0 Å². The van der Waals surface area contributed by atoms with Crippen LogP contribution in [0, 0.1) is 0 Å². The van der Waals surface area contributed by atoms with Crippen LogP contribution in [0.3, 0.4) is 0 Å². The van der Waals surface area contributed by atoms with E-state index in [9.17, 15) is 4.79 Å². The summed E-state index contributed by atoms with van der Waals surface area (Å²) in [7, 11) is 0. The van der Waals surface area contributed by atoms with E-state index in [-0.39, 0.29) is 11.2 Å². The highest BCUT2D eigenvalue weighted by molar-refractivity contribution is 5.44. The summed E-state index contributed by atoms with van der Waals surface area (Å²) >= 11 is 0. The molecule has 1 unspecified atom stereocenters. The Bertz CT molecular complexity index is 588. The van der Waals surface area contributed by atoms with Crippen molar-refractivity contribution in [3.8, 4) is 0 Å². The molecule has 0 aliphatic heterocycles. The minimum Gasteiger partial charge on any atom is -0.363 e. The molecule has 0 fully saturated rings. The van der Waals surface area contributed by atoms with Gasteiger partial charge in [0.15, 0.2) is 5.65 Å². The van der Waals surface area contributed by atoms with Crippen LogP contribution >= 0.6 is 0 Å². The standard InChI is InChI=1S/C11H18N6O/c1-3-11(2,6-7-12)13-8-4-5-9-14-15-10(18)17(9)16-8/h4-5H,3,6-7,12H2,1-2H3,(H,13,16)(H,15,18). The highest BCUT2D eigenvalue weighted by Gasteiger charge is 2.21. The fraction of sp³-hybridized carbons (Fsp3) is 0.545. The lowest BCUT2D eigenvalue weighted by Crippen LogP contribution is -2.37. The number of aromatic amines is 1. The number of hydrogen-bond acceptors (Lipinski definition) is 5. The van der Waals surface area contributed by atoms with Crippen LogP contribution in [0.25, 0.3) is 5.65 Å². The van der Waals surface area contributed by atoms with E-state index >= 15 is 0 Å². The molecule has 0 saturated heterocycles. The second-order valence-electron chi connectivity index (χ2n) is 4.60. The first kappa shape index (κ1) is 12.6. The second-order valence-corrected chi connectivity index (χ2v) is 4.60. The van der Waals surface area contributed by atoms with Gasteiger partial charge >= 0.3 is 5.69 Å². The summed E-state index contributed by atoms with van der Waals surface area (Å²) in [6, 6.07) is 3.55. The van der Waals surface area contributed by atoms with Crippen molar-refractivity contribution in [3.63, 3.8) is 0 Å². The SMILES string of the molecule is CCC(C)(CCN)Nc1ccc2n[nH]c(=O)n2n1. The zero-order valence-electron chi connectivity index (χ0n) is 10.6. The molecule has 4 N–H and O–H groups in total. The monoisotopic (exact) mass is 250 g/mol. The zero-order valence-corrected chi connectivity index (χ0v) is 10.6. The molecule has 0 bridgehead atoms. The summed E-state index contributed by atoms with van der Waals surface area (Å²) in [6.07, 6.45) is 1.76. The average molecular weight is 250 g/mol. The van der Waals surface area contributed by atoms with Gasteiger partial charge in [-0.1, -0.05) is 6.92 Å². The van der Waals surface area contributed by atoms with Crippen LogP contribution in [-0.4, -0.2) is 31.9 Å². The second kappa shape index (κ2) is 4.77. The van der Waals surface area contributed by atoms with Gasteiger partial charge in [0.2, 0.25) is 0 Å². The highest BCUT2D eigenvalue weighted by atomic mass is 16.2. The molecule has 0 aliphatic rings. The lowest BCUT2D eigenvalue weighted by molar-refractivity contribution is 0.461. The Labute approximate surface area is 104 Å². The molecule has 2 rings (SSSR count). The molecule has 0 aromatic carbocycles. The number of rotatable bonds is 5. The van der Waals surface area contributed by atoms with Crippen LogP contribution in [0.5, 0.6) is 0 Å². The van der Waals surface area contributed by atoms with Crippen LogP contribution in [0.1, 0.15) is 26.7 Å². The number of aromatic nitrogens is 4. The van der Waals surface area contributed by atoms with E-state index in [0.717, 1.165) is 12.8 Å². The minimum atomic E-state index is -0.342. The van der Waals surface area contributed by atoms with Gasteiger partial charge in [-0.3, -0.25) is 0 Å². The van der Waals surface area contributed by atoms with Gasteiger partial charge in [-0.25, -0.2) is 9.89 Å². The van der Waals surface area contributed by atoms with Crippen LogP contribution in [0.4, 0.5) is 5.82 Å². The van der Waals surface area contributed by atoms with Gasteiger partial charge in [0.1, 0.15) is 5.82 Å². The van der Waals surface area contributed by atoms with Crippen molar-refractivity contribution in [2.45, 2.75) is 32.2 Å². The number of nitrogens with zero attached hydrogens (tertiary/aromatic N) is 3. The van der Waals surface area contributed by atoms with Crippen molar-refractivity contribution in [2.75, 3.05) is 11.9 Å². The molecule has 98 valence electrons. The first-order valence-corrected chi connectivity index (χ1v) is 6.01. The van der Waals surface area contributed by atoms with E-state index < -0.39 is 0 Å². The fourth-order valence-electron chi connectivity index (χ4n) is 1.82. The summed E-state index contributed by atoms with van der Waals surface area (Å²) in [4.78, 5) is 11.4. The van der Waals surface area contributed by atoms with Crippen molar-refractivity contribution >= 4 is 11.5 Å². The summed E-state index contributed by atoms with van der Waals surface area (Å²) in [5, 5.41) is 13.7. The molecular formula is C11H18N6O. The van der Waals surface area contributed by atoms with Crippen molar-refractivity contribution in [1.29, 1.82) is 0 Å². The van der Waals surface area contributed by atoms with Gasteiger partial charge in [0.25, 0.3) is 0 Å². The molecule has 0 aliphatic carbocycles. The number of fused-ring (bicyclic) bond motifs is 1. The molecule has 2 aromatic rings. The van der Waals surface area contributed by atoms with Crippen molar-refractivity contribution in [3.05, 3.63) is 22.6 Å². The van der Waals surface area contributed by atoms with Gasteiger partial charge in [-0.15, -0.1) is 5.10 Å². The minimum absolute atomic E-state index is 0.122. The summed E-state index contributed by atoms with van der Waals surface area (Å²) in [6.45, 7) is 4.78. The van der Waals surface area contributed by atoms with E-state index in [2.05, 4.69) is 34.5 Å². The third-order valence-electron chi connectivity index (χ3n) is 3.18. The topological polar surface area (TPSA) is 101 Å². The quantitative estimate of drug-likeness (QED) is 0.710. The molecule has 0 amide bonds. The molecule has 2 heterocycles. The number of H-pyrrole nitrogens is 1. The average Bonchev–Trinajstić information content (AvgIpc) is 2.71. The van der Waals surface area contributed by atoms with E-state index in [1.807, 2.05) is 0 Å². The summed E-state index contributed by atoms with van der Waals surface area (Å²) in [5.74, 6) is 0.642. The van der Waals surface area contributed by atoms with E-state index in [1.165, 1.54) is 4.52 Å². The Morgan fingerprint density at radius 3 is 3.00 bits per heavy atom. The van der Waals surface area contributed by atoms with Gasteiger partial charge in [-0.05, 0) is 38.4 Å². The Morgan fingerprint density at radius 1 is 1.56 bits per heavy atom. The number of nitrogens with one attached hydrogen (secondary N) is 2. The summed E-state index contributed by atoms with van der Waals surface area (Å²) in [5.41, 5.74) is 5.65. The van der Waals surface area contributed by atoms with Gasteiger partial charge in [0, 0.05) is 5.54 Å². The normalized spacial score (nSPS) is 14.6. The highest BCUT2D eigenvalue weighted by Crippen LogP contribution is 2.19. The molecule has 1 atom stereocenters. The first-order chi connectivity index (χ1) is 8.58. The lowest BCUT2D eigenvalue weighted by Gasteiger charge is -2.29. The third-order valence-corrected chi connectivity index (χ3v) is 3.18. The Hall–Kier alpha value is -1.89. The van der Waals surface area contributed by atoms with Gasteiger partial charge in [-0.2, -0.15) is 9.61 Å². The van der Waals surface area contributed by atoms with Crippen molar-refractivity contribution in [1.82, 2.24) is 19.8 Å². The zero-order chi connectivity index (χ0) is 13.2. The number of hydrogen-bond donors (Lipinski definition) is 3. The molecule has 0 saturated carbocycles. The predicted molar refractivity (Wildman–Crippen MR) is 69.6 cm³/mol. The predicted octanol–water partition coefficient (Wildman–Crippen LogP) is 0.347. The van der Waals surface area contributed by atoms with E-state index in [0.29, 0.717) is 18.0 Å². The molecule has 2 aromatic heterocycles. The molecule has 7 nitrogen and oxygen atoms in total. The maximum absolute atomic E-state index is 11.4. The van der Waals surface area contributed by atoms with Crippen LogP contribution in [0.2, 0.25) is 0 Å². The largest absolute Gasteiger partial charge is 0.364 e. The Kier molecular flexibility index (Phi) is 3.33. The molecule has 18 heavy (non-hydrogen) atoms. The molecule has 0 spiro atoms.